The van der Waals surface area contributed by atoms with Gasteiger partial charge in [-0.15, -0.1) is 0 Å². The smallest absolute Gasteiger partial charge is 0.223 e. The molecule has 1 aromatic heterocycles. The molecule has 1 N–H and O–H groups in total. The number of hydrogen-bond acceptors (Lipinski definition) is 5. The topological polar surface area (TPSA) is 60.5 Å². The molecule has 2 aromatic rings. The van der Waals surface area contributed by atoms with Crippen molar-refractivity contribution in [3.63, 3.8) is 0 Å². The van der Waals surface area contributed by atoms with Crippen molar-refractivity contribution in [2.45, 2.75) is 33.6 Å². The second-order valence-electron chi connectivity index (χ2n) is 5.18. The van der Waals surface area contributed by atoms with E-state index in [9.17, 15) is 4.79 Å². The van der Waals surface area contributed by atoms with Crippen LogP contribution in [0.3, 0.4) is 0 Å². The molecular formula is C17H22N2O3S. The summed E-state index contributed by atoms with van der Waals surface area (Å²) in [5.74, 6) is 1.32. The van der Waals surface area contributed by atoms with Crippen LogP contribution in [0.15, 0.2) is 18.2 Å². The molecule has 5 nitrogen and oxygen atoms in total. The molecule has 0 atom stereocenters. The van der Waals surface area contributed by atoms with E-state index < -0.39 is 0 Å². The van der Waals surface area contributed by atoms with E-state index in [1.807, 2.05) is 25.1 Å². The van der Waals surface area contributed by atoms with Crippen LogP contribution in [0.1, 0.15) is 32.4 Å². The molecule has 6 heteroatoms. The van der Waals surface area contributed by atoms with Gasteiger partial charge in [0, 0.05) is 6.92 Å². The first kappa shape index (κ1) is 17.3. The number of carbonyl (C=O) groups excluding carboxylic acids is 1. The molecule has 0 aliphatic heterocycles. The maximum atomic E-state index is 11.2. The van der Waals surface area contributed by atoms with Gasteiger partial charge in [-0.2, -0.15) is 0 Å². The highest BCUT2D eigenvalue weighted by Crippen LogP contribution is 2.37. The van der Waals surface area contributed by atoms with Crippen molar-refractivity contribution >= 4 is 22.4 Å². The van der Waals surface area contributed by atoms with Crippen LogP contribution in [0.25, 0.3) is 10.4 Å². The monoisotopic (exact) mass is 334 g/mol. The van der Waals surface area contributed by atoms with Crippen molar-refractivity contribution in [3.8, 4) is 21.9 Å². The summed E-state index contributed by atoms with van der Waals surface area (Å²) in [7, 11) is 1.63. The van der Waals surface area contributed by atoms with Gasteiger partial charge in [0.1, 0.15) is 0 Å². The van der Waals surface area contributed by atoms with Crippen LogP contribution in [0.4, 0.5) is 5.13 Å². The van der Waals surface area contributed by atoms with Crippen molar-refractivity contribution in [3.05, 3.63) is 23.9 Å². The van der Waals surface area contributed by atoms with Gasteiger partial charge in [-0.1, -0.05) is 24.7 Å². The molecule has 1 heterocycles. The van der Waals surface area contributed by atoms with Crippen molar-refractivity contribution in [2.75, 3.05) is 19.0 Å². The molecule has 124 valence electrons. The molecule has 1 amide bonds. The lowest BCUT2D eigenvalue weighted by Gasteiger charge is -2.11. The van der Waals surface area contributed by atoms with Crippen LogP contribution in [0.5, 0.6) is 11.5 Å². The van der Waals surface area contributed by atoms with Gasteiger partial charge < -0.3 is 14.8 Å². The molecule has 0 fully saturated rings. The van der Waals surface area contributed by atoms with Gasteiger partial charge in [0.15, 0.2) is 16.6 Å². The van der Waals surface area contributed by atoms with Crippen LogP contribution in [-0.4, -0.2) is 24.6 Å². The third-order valence-electron chi connectivity index (χ3n) is 3.26. The SMILES string of the molecule is CCCCOc1cc(-c2sc(NC(C)=O)nc2C)ccc1OC. The lowest BCUT2D eigenvalue weighted by Crippen LogP contribution is -2.04. The zero-order chi connectivity index (χ0) is 16.8. The Bertz CT molecular complexity index is 682. The number of rotatable bonds is 7. The van der Waals surface area contributed by atoms with Gasteiger partial charge in [0.05, 0.1) is 24.3 Å². The van der Waals surface area contributed by atoms with Crippen LogP contribution >= 0.6 is 11.3 Å². The van der Waals surface area contributed by atoms with E-state index in [1.165, 1.54) is 18.3 Å². The third kappa shape index (κ3) is 4.45. The molecule has 0 unspecified atom stereocenters. The summed E-state index contributed by atoms with van der Waals surface area (Å²) in [6.45, 7) is 6.19. The Morgan fingerprint density at radius 3 is 2.78 bits per heavy atom. The number of aromatic nitrogens is 1. The summed E-state index contributed by atoms with van der Waals surface area (Å²) < 4.78 is 11.2. The minimum atomic E-state index is -0.122. The van der Waals surface area contributed by atoms with Gasteiger partial charge in [0.25, 0.3) is 0 Å². The van der Waals surface area contributed by atoms with E-state index in [2.05, 4.69) is 17.2 Å². The number of methoxy groups -OCH3 is 1. The fourth-order valence-electron chi connectivity index (χ4n) is 2.13. The number of thiazole rings is 1. The summed E-state index contributed by atoms with van der Waals surface area (Å²) in [5, 5.41) is 3.33. The highest BCUT2D eigenvalue weighted by Gasteiger charge is 2.13. The summed E-state index contributed by atoms with van der Waals surface area (Å²) in [6.07, 6.45) is 2.08. The zero-order valence-electron chi connectivity index (χ0n) is 13.9. The Morgan fingerprint density at radius 1 is 1.35 bits per heavy atom. The maximum absolute atomic E-state index is 11.2. The minimum absolute atomic E-state index is 0.122. The van der Waals surface area contributed by atoms with Gasteiger partial charge in [-0.25, -0.2) is 4.98 Å². The van der Waals surface area contributed by atoms with E-state index >= 15 is 0 Å². The number of benzene rings is 1. The number of unbranched alkanes of at least 4 members (excludes halogenated alkanes) is 1. The second kappa shape index (κ2) is 7.97. The molecule has 23 heavy (non-hydrogen) atoms. The molecule has 0 aliphatic carbocycles. The predicted octanol–water partition coefficient (Wildman–Crippen LogP) is 4.26. The fraction of sp³-hybridized carbons (Fsp3) is 0.412. The minimum Gasteiger partial charge on any atom is -0.493 e. The second-order valence-corrected chi connectivity index (χ2v) is 6.18. The van der Waals surface area contributed by atoms with E-state index in [1.54, 1.807) is 7.11 Å². The standard InChI is InChI=1S/C17H22N2O3S/c1-5-6-9-22-15-10-13(7-8-14(15)21-4)16-11(2)18-17(23-16)19-12(3)20/h7-8,10H,5-6,9H2,1-4H3,(H,18,19,20). The number of nitrogens with one attached hydrogen (secondary N) is 1. The Morgan fingerprint density at radius 2 is 2.13 bits per heavy atom. The molecule has 0 spiro atoms. The average molecular weight is 334 g/mol. The number of aryl methyl sites for hydroxylation is 1. The number of hydrogen-bond donors (Lipinski definition) is 1. The number of ether oxygens (including phenoxy) is 2. The lowest BCUT2D eigenvalue weighted by atomic mass is 10.1. The zero-order valence-corrected chi connectivity index (χ0v) is 14.8. The molecular weight excluding hydrogens is 312 g/mol. The first-order valence-electron chi connectivity index (χ1n) is 7.61. The van der Waals surface area contributed by atoms with E-state index in [-0.39, 0.29) is 5.91 Å². The highest BCUT2D eigenvalue weighted by atomic mass is 32.1. The highest BCUT2D eigenvalue weighted by molar-refractivity contribution is 7.19. The number of anilines is 1. The van der Waals surface area contributed by atoms with Gasteiger partial charge in [0.2, 0.25) is 5.91 Å². The largest absolute Gasteiger partial charge is 0.493 e. The van der Waals surface area contributed by atoms with Crippen LogP contribution in [-0.2, 0) is 4.79 Å². The molecule has 0 saturated carbocycles. The molecule has 0 aliphatic rings. The predicted molar refractivity (Wildman–Crippen MR) is 93.5 cm³/mol. The Labute approximate surface area is 140 Å². The van der Waals surface area contributed by atoms with Crippen molar-refractivity contribution in [1.29, 1.82) is 0 Å². The van der Waals surface area contributed by atoms with Gasteiger partial charge in [-0.3, -0.25) is 4.79 Å². The molecule has 0 saturated heterocycles. The van der Waals surface area contributed by atoms with Crippen molar-refractivity contribution in [2.24, 2.45) is 0 Å². The van der Waals surface area contributed by atoms with E-state index in [0.717, 1.165) is 34.7 Å². The molecule has 0 radical (unpaired) electrons. The van der Waals surface area contributed by atoms with Crippen molar-refractivity contribution < 1.29 is 14.3 Å². The molecule has 2 rings (SSSR count). The fourth-order valence-corrected chi connectivity index (χ4v) is 3.13. The summed E-state index contributed by atoms with van der Waals surface area (Å²) >= 11 is 1.45. The van der Waals surface area contributed by atoms with Crippen LogP contribution in [0.2, 0.25) is 0 Å². The number of carbonyl (C=O) groups is 1. The quantitative estimate of drug-likeness (QED) is 0.768. The first-order chi connectivity index (χ1) is 11.0. The lowest BCUT2D eigenvalue weighted by molar-refractivity contribution is -0.114. The Kier molecular flexibility index (Phi) is 5.98. The van der Waals surface area contributed by atoms with Crippen molar-refractivity contribution in [1.82, 2.24) is 4.98 Å². The third-order valence-corrected chi connectivity index (χ3v) is 4.38. The van der Waals surface area contributed by atoms with Gasteiger partial charge >= 0.3 is 0 Å². The van der Waals surface area contributed by atoms with Gasteiger partial charge in [-0.05, 0) is 37.1 Å². The number of nitrogens with zero attached hydrogens (tertiary/aromatic N) is 1. The first-order valence-corrected chi connectivity index (χ1v) is 8.43. The average Bonchev–Trinajstić information content (AvgIpc) is 2.87. The van der Waals surface area contributed by atoms with E-state index in [4.69, 9.17) is 9.47 Å². The normalized spacial score (nSPS) is 10.4. The summed E-state index contributed by atoms with van der Waals surface area (Å²) in [4.78, 5) is 16.6. The molecule has 0 bridgehead atoms. The van der Waals surface area contributed by atoms with E-state index in [0.29, 0.717) is 17.5 Å². The van der Waals surface area contributed by atoms with Crippen LogP contribution < -0.4 is 14.8 Å². The Hall–Kier alpha value is -2.08. The molecule has 1 aromatic carbocycles. The maximum Gasteiger partial charge on any atom is 0.223 e. The Balaban J connectivity index is 2.30. The summed E-state index contributed by atoms with van der Waals surface area (Å²) in [5.41, 5.74) is 1.88. The summed E-state index contributed by atoms with van der Waals surface area (Å²) in [6, 6.07) is 5.84. The number of amides is 1. The van der Waals surface area contributed by atoms with Crippen LogP contribution in [0, 0.1) is 6.92 Å².